The summed E-state index contributed by atoms with van der Waals surface area (Å²) in [4.78, 5) is 3.97. The summed E-state index contributed by atoms with van der Waals surface area (Å²) in [5.41, 5.74) is -0.720. The predicted octanol–water partition coefficient (Wildman–Crippen LogP) is 3.22. The lowest BCUT2D eigenvalue weighted by Crippen LogP contribution is -2.15. The topological polar surface area (TPSA) is 24.9 Å². The second kappa shape index (κ2) is 5.63. The van der Waals surface area contributed by atoms with Crippen molar-refractivity contribution in [2.45, 2.75) is 39.4 Å². The molecule has 0 aromatic carbocycles. The minimum atomic E-state index is -4.34. The van der Waals surface area contributed by atoms with Gasteiger partial charge in [-0.3, -0.25) is 0 Å². The van der Waals surface area contributed by atoms with Gasteiger partial charge in [-0.05, 0) is 19.4 Å². The second-order valence-corrected chi connectivity index (χ2v) is 4.58. The number of halogens is 3. The second-order valence-electron chi connectivity index (χ2n) is 3.41. The first kappa shape index (κ1) is 13.4. The summed E-state index contributed by atoms with van der Waals surface area (Å²) in [7, 11) is 0. The molecular weight excluding hydrogens is 237 g/mol. The van der Waals surface area contributed by atoms with Crippen LogP contribution in [0.15, 0.2) is 0 Å². The van der Waals surface area contributed by atoms with Gasteiger partial charge >= 0.3 is 6.18 Å². The van der Waals surface area contributed by atoms with Crippen LogP contribution in [0.4, 0.5) is 13.2 Å². The Hall–Kier alpha value is -0.620. The largest absolute Gasteiger partial charge is 0.434 e. The number of hydrogen-bond donors (Lipinski definition) is 1. The van der Waals surface area contributed by atoms with Gasteiger partial charge in [0, 0.05) is 6.54 Å². The first-order valence-corrected chi connectivity index (χ1v) is 6.07. The van der Waals surface area contributed by atoms with Crippen LogP contribution in [0, 0.1) is 0 Å². The number of aryl methyl sites for hydroxylation is 1. The molecule has 16 heavy (non-hydrogen) atoms. The summed E-state index contributed by atoms with van der Waals surface area (Å²) in [6, 6.07) is 0. The van der Waals surface area contributed by atoms with Crippen molar-refractivity contribution < 1.29 is 13.2 Å². The van der Waals surface area contributed by atoms with E-state index in [9.17, 15) is 13.2 Å². The predicted molar refractivity (Wildman–Crippen MR) is 58.5 cm³/mol. The Morgan fingerprint density at radius 3 is 2.50 bits per heavy atom. The Kier molecular flexibility index (Phi) is 4.73. The highest BCUT2D eigenvalue weighted by molar-refractivity contribution is 7.11. The lowest BCUT2D eigenvalue weighted by molar-refractivity contribution is -0.141. The molecule has 0 aliphatic rings. The Balaban J connectivity index is 2.93. The third kappa shape index (κ3) is 3.45. The maximum absolute atomic E-state index is 12.6. The van der Waals surface area contributed by atoms with Gasteiger partial charge in [-0.1, -0.05) is 13.8 Å². The SMILES string of the molecule is CCCc1nc(C(F)(F)F)c(CNCC)s1. The fourth-order valence-electron chi connectivity index (χ4n) is 1.30. The van der Waals surface area contributed by atoms with Crippen LogP contribution >= 0.6 is 11.3 Å². The van der Waals surface area contributed by atoms with Crippen molar-refractivity contribution in [1.29, 1.82) is 0 Å². The third-order valence-electron chi connectivity index (χ3n) is 2.01. The monoisotopic (exact) mass is 252 g/mol. The van der Waals surface area contributed by atoms with Crippen LogP contribution in [-0.2, 0) is 19.1 Å². The van der Waals surface area contributed by atoms with E-state index in [1.54, 1.807) is 0 Å². The van der Waals surface area contributed by atoms with Crippen molar-refractivity contribution in [2.24, 2.45) is 0 Å². The van der Waals surface area contributed by atoms with Crippen LogP contribution in [0.2, 0.25) is 0 Å². The maximum atomic E-state index is 12.6. The first-order chi connectivity index (χ1) is 7.49. The van der Waals surface area contributed by atoms with Crippen LogP contribution in [0.25, 0.3) is 0 Å². The molecule has 1 aromatic heterocycles. The van der Waals surface area contributed by atoms with Crippen LogP contribution in [0.3, 0.4) is 0 Å². The van der Waals surface area contributed by atoms with Crippen molar-refractivity contribution in [2.75, 3.05) is 6.54 Å². The summed E-state index contributed by atoms with van der Waals surface area (Å²) in [6.07, 6.45) is -2.92. The van der Waals surface area contributed by atoms with E-state index in [1.807, 2.05) is 13.8 Å². The van der Waals surface area contributed by atoms with E-state index in [1.165, 1.54) is 0 Å². The number of aromatic nitrogens is 1. The molecule has 0 unspecified atom stereocenters. The van der Waals surface area contributed by atoms with E-state index in [2.05, 4.69) is 10.3 Å². The van der Waals surface area contributed by atoms with Crippen molar-refractivity contribution in [3.63, 3.8) is 0 Å². The molecule has 0 spiro atoms. The molecule has 2 nitrogen and oxygen atoms in total. The lowest BCUT2D eigenvalue weighted by Gasteiger charge is -2.05. The molecule has 1 N–H and O–H groups in total. The van der Waals surface area contributed by atoms with Gasteiger partial charge in [0.25, 0.3) is 0 Å². The summed E-state index contributed by atoms with van der Waals surface area (Å²) in [5.74, 6) is 0. The molecule has 0 aliphatic heterocycles. The molecule has 92 valence electrons. The van der Waals surface area contributed by atoms with Gasteiger partial charge in [0.05, 0.1) is 9.88 Å². The van der Waals surface area contributed by atoms with E-state index in [4.69, 9.17) is 0 Å². The van der Waals surface area contributed by atoms with Crippen molar-refractivity contribution in [1.82, 2.24) is 10.3 Å². The first-order valence-electron chi connectivity index (χ1n) is 5.25. The number of thiazole rings is 1. The highest BCUT2D eigenvalue weighted by atomic mass is 32.1. The molecule has 0 amide bonds. The Morgan fingerprint density at radius 1 is 1.31 bits per heavy atom. The molecule has 0 fully saturated rings. The number of hydrogen-bond acceptors (Lipinski definition) is 3. The third-order valence-corrected chi connectivity index (χ3v) is 3.12. The summed E-state index contributed by atoms with van der Waals surface area (Å²) >= 11 is 1.16. The van der Waals surface area contributed by atoms with E-state index in [0.717, 1.165) is 17.8 Å². The van der Waals surface area contributed by atoms with Gasteiger partial charge in [-0.2, -0.15) is 13.2 Å². The molecule has 0 radical (unpaired) electrons. The van der Waals surface area contributed by atoms with Gasteiger partial charge in [-0.25, -0.2) is 4.98 Å². The molecular formula is C10H15F3N2S. The minimum Gasteiger partial charge on any atom is -0.312 e. The lowest BCUT2D eigenvalue weighted by atomic mass is 10.3. The zero-order valence-corrected chi connectivity index (χ0v) is 10.1. The van der Waals surface area contributed by atoms with Crippen LogP contribution in [0.5, 0.6) is 0 Å². The Morgan fingerprint density at radius 2 is 2.00 bits per heavy atom. The molecule has 0 saturated heterocycles. The fraction of sp³-hybridized carbons (Fsp3) is 0.700. The van der Waals surface area contributed by atoms with Crippen LogP contribution in [0.1, 0.15) is 35.8 Å². The fourth-order valence-corrected chi connectivity index (χ4v) is 2.46. The average molecular weight is 252 g/mol. The van der Waals surface area contributed by atoms with Gasteiger partial charge in [0.15, 0.2) is 5.69 Å². The van der Waals surface area contributed by atoms with Crippen molar-refractivity contribution in [3.8, 4) is 0 Å². The normalized spacial score (nSPS) is 12.1. The Bertz CT molecular complexity index is 333. The van der Waals surface area contributed by atoms with Crippen molar-refractivity contribution >= 4 is 11.3 Å². The van der Waals surface area contributed by atoms with Crippen molar-refractivity contribution in [3.05, 3.63) is 15.6 Å². The maximum Gasteiger partial charge on any atom is 0.434 e. The molecule has 1 rings (SSSR count). The number of nitrogens with zero attached hydrogens (tertiary/aromatic N) is 1. The summed E-state index contributed by atoms with van der Waals surface area (Å²) in [5, 5.41) is 3.47. The smallest absolute Gasteiger partial charge is 0.312 e. The van der Waals surface area contributed by atoms with E-state index < -0.39 is 11.9 Å². The van der Waals surface area contributed by atoms with E-state index >= 15 is 0 Å². The molecule has 0 aliphatic carbocycles. The van der Waals surface area contributed by atoms with E-state index in [-0.39, 0.29) is 11.4 Å². The Labute approximate surface area is 96.9 Å². The standard InChI is InChI=1S/C10H15F3N2S/c1-3-5-8-15-9(10(11,12)13)7(16-8)6-14-4-2/h14H,3-6H2,1-2H3. The zero-order valence-electron chi connectivity index (χ0n) is 9.32. The minimum absolute atomic E-state index is 0.243. The molecule has 0 atom stereocenters. The van der Waals surface area contributed by atoms with Crippen LogP contribution in [-0.4, -0.2) is 11.5 Å². The molecule has 1 aromatic rings. The van der Waals surface area contributed by atoms with Gasteiger partial charge in [0.2, 0.25) is 0 Å². The van der Waals surface area contributed by atoms with E-state index in [0.29, 0.717) is 18.0 Å². The molecule has 0 bridgehead atoms. The quantitative estimate of drug-likeness (QED) is 0.870. The van der Waals surface area contributed by atoms with Gasteiger partial charge in [0.1, 0.15) is 0 Å². The summed E-state index contributed by atoms with van der Waals surface area (Å²) < 4.78 is 37.9. The zero-order chi connectivity index (χ0) is 12.2. The highest BCUT2D eigenvalue weighted by Crippen LogP contribution is 2.34. The highest BCUT2D eigenvalue weighted by Gasteiger charge is 2.37. The molecule has 0 saturated carbocycles. The van der Waals surface area contributed by atoms with Gasteiger partial charge < -0.3 is 5.32 Å². The summed E-state index contributed by atoms with van der Waals surface area (Å²) in [6.45, 7) is 4.69. The van der Waals surface area contributed by atoms with Gasteiger partial charge in [-0.15, -0.1) is 11.3 Å². The van der Waals surface area contributed by atoms with Crippen LogP contribution < -0.4 is 5.32 Å². The average Bonchev–Trinajstić information content (AvgIpc) is 2.58. The number of nitrogens with one attached hydrogen (secondary N) is 1. The number of alkyl halides is 3. The molecule has 1 heterocycles. The molecule has 6 heteroatoms. The number of rotatable bonds is 5.